The normalized spacial score (nSPS) is 11.9. The second-order valence-corrected chi connectivity index (χ2v) is 6.62. The molecule has 0 fully saturated rings. The van der Waals surface area contributed by atoms with E-state index in [0.717, 1.165) is 16.7 Å². The van der Waals surface area contributed by atoms with Gasteiger partial charge in [-0.1, -0.05) is 72.8 Å². The van der Waals surface area contributed by atoms with E-state index in [0.29, 0.717) is 11.3 Å². The Labute approximate surface area is 159 Å². The molecule has 0 aliphatic rings. The summed E-state index contributed by atoms with van der Waals surface area (Å²) < 4.78 is 5.55. The number of carbonyl (C=O) groups is 1. The predicted molar refractivity (Wildman–Crippen MR) is 107 cm³/mol. The summed E-state index contributed by atoms with van der Waals surface area (Å²) in [5, 5.41) is 13.5. The van der Waals surface area contributed by atoms with Gasteiger partial charge in [-0.15, -0.1) is 0 Å². The molecule has 4 nitrogen and oxygen atoms in total. The monoisotopic (exact) mass is 361 g/mol. The summed E-state index contributed by atoms with van der Waals surface area (Å²) in [6, 6.07) is 24.6. The molecule has 0 saturated carbocycles. The molecule has 138 valence electrons. The highest BCUT2D eigenvalue weighted by Crippen LogP contribution is 2.34. The van der Waals surface area contributed by atoms with Crippen LogP contribution in [0.1, 0.15) is 31.1 Å². The topological polar surface area (TPSA) is 58.6 Å². The SMILES string of the molecule is CC(C)NC(=O)Oc1cc(-c2ccccc2)ccc1C(O)c1ccccc1. The van der Waals surface area contributed by atoms with Crippen LogP contribution in [0.25, 0.3) is 11.1 Å². The van der Waals surface area contributed by atoms with E-state index in [4.69, 9.17) is 4.74 Å². The summed E-state index contributed by atoms with van der Waals surface area (Å²) in [4.78, 5) is 12.2. The number of hydrogen-bond donors (Lipinski definition) is 2. The molecular formula is C23H23NO3. The molecule has 4 heteroatoms. The van der Waals surface area contributed by atoms with Gasteiger partial charge in [-0.3, -0.25) is 0 Å². The Morgan fingerprint density at radius 1 is 0.889 bits per heavy atom. The summed E-state index contributed by atoms with van der Waals surface area (Å²) in [7, 11) is 0. The largest absolute Gasteiger partial charge is 0.412 e. The second-order valence-electron chi connectivity index (χ2n) is 6.62. The number of amides is 1. The van der Waals surface area contributed by atoms with Crippen LogP contribution in [0.15, 0.2) is 78.9 Å². The molecule has 2 N–H and O–H groups in total. The molecule has 1 atom stereocenters. The Kier molecular flexibility index (Phi) is 5.89. The van der Waals surface area contributed by atoms with Crippen molar-refractivity contribution in [2.24, 2.45) is 0 Å². The molecular weight excluding hydrogens is 338 g/mol. The Morgan fingerprint density at radius 3 is 2.15 bits per heavy atom. The zero-order valence-electron chi connectivity index (χ0n) is 15.4. The van der Waals surface area contributed by atoms with Gasteiger partial charge < -0.3 is 15.2 Å². The van der Waals surface area contributed by atoms with Gasteiger partial charge in [0.25, 0.3) is 0 Å². The average Bonchev–Trinajstić information content (AvgIpc) is 2.68. The van der Waals surface area contributed by atoms with Crippen LogP contribution >= 0.6 is 0 Å². The number of ether oxygens (including phenoxy) is 1. The minimum atomic E-state index is -0.891. The van der Waals surface area contributed by atoms with Crippen molar-refractivity contribution in [3.8, 4) is 16.9 Å². The van der Waals surface area contributed by atoms with Crippen LogP contribution in [0.2, 0.25) is 0 Å². The molecule has 0 saturated heterocycles. The van der Waals surface area contributed by atoms with Gasteiger partial charge in [-0.05, 0) is 36.6 Å². The summed E-state index contributed by atoms with van der Waals surface area (Å²) in [6.07, 6.45) is -1.44. The third kappa shape index (κ3) is 4.74. The quantitative estimate of drug-likeness (QED) is 0.677. The number of carbonyl (C=O) groups excluding carboxylic acids is 1. The number of nitrogens with one attached hydrogen (secondary N) is 1. The van der Waals surface area contributed by atoms with Gasteiger partial charge in [-0.25, -0.2) is 4.79 Å². The fourth-order valence-corrected chi connectivity index (χ4v) is 2.84. The lowest BCUT2D eigenvalue weighted by atomic mass is 9.97. The van der Waals surface area contributed by atoms with E-state index in [-0.39, 0.29) is 6.04 Å². The fourth-order valence-electron chi connectivity index (χ4n) is 2.84. The number of aliphatic hydroxyl groups excluding tert-OH is 1. The van der Waals surface area contributed by atoms with E-state index in [1.54, 1.807) is 12.1 Å². The van der Waals surface area contributed by atoms with Crippen LogP contribution in [-0.2, 0) is 0 Å². The first-order valence-electron chi connectivity index (χ1n) is 8.95. The lowest BCUT2D eigenvalue weighted by Crippen LogP contribution is -2.33. The molecule has 3 aromatic carbocycles. The molecule has 0 aliphatic carbocycles. The molecule has 0 aromatic heterocycles. The molecule has 0 aliphatic heterocycles. The van der Waals surface area contributed by atoms with Crippen LogP contribution < -0.4 is 10.1 Å². The van der Waals surface area contributed by atoms with Gasteiger partial charge in [0.15, 0.2) is 0 Å². The molecule has 27 heavy (non-hydrogen) atoms. The van der Waals surface area contributed by atoms with E-state index < -0.39 is 12.2 Å². The van der Waals surface area contributed by atoms with Gasteiger partial charge in [-0.2, -0.15) is 0 Å². The molecule has 0 radical (unpaired) electrons. The summed E-state index contributed by atoms with van der Waals surface area (Å²) in [5.41, 5.74) is 3.19. The number of aliphatic hydroxyl groups is 1. The summed E-state index contributed by atoms with van der Waals surface area (Å²) in [6.45, 7) is 3.72. The van der Waals surface area contributed by atoms with Crippen molar-refractivity contribution >= 4 is 6.09 Å². The highest BCUT2D eigenvalue weighted by Gasteiger charge is 2.19. The highest BCUT2D eigenvalue weighted by molar-refractivity contribution is 5.73. The Morgan fingerprint density at radius 2 is 1.52 bits per heavy atom. The van der Waals surface area contributed by atoms with Crippen molar-refractivity contribution < 1.29 is 14.6 Å². The van der Waals surface area contributed by atoms with Gasteiger partial charge in [0, 0.05) is 11.6 Å². The molecule has 3 rings (SSSR count). The first-order chi connectivity index (χ1) is 13.0. The van der Waals surface area contributed by atoms with Crippen molar-refractivity contribution in [2.45, 2.75) is 26.0 Å². The van der Waals surface area contributed by atoms with E-state index in [1.165, 1.54) is 0 Å². The van der Waals surface area contributed by atoms with Crippen molar-refractivity contribution in [1.29, 1.82) is 0 Å². The standard InChI is InChI=1S/C23H23NO3/c1-16(2)24-23(26)27-21-15-19(17-9-5-3-6-10-17)13-14-20(21)22(25)18-11-7-4-8-12-18/h3-16,22,25H,1-2H3,(H,24,26). The first-order valence-corrected chi connectivity index (χ1v) is 8.95. The number of benzene rings is 3. The van der Waals surface area contributed by atoms with Crippen molar-refractivity contribution in [3.05, 3.63) is 90.0 Å². The highest BCUT2D eigenvalue weighted by atomic mass is 16.6. The van der Waals surface area contributed by atoms with Crippen LogP contribution in [0.5, 0.6) is 5.75 Å². The number of hydrogen-bond acceptors (Lipinski definition) is 3. The molecule has 0 heterocycles. The summed E-state index contributed by atoms with van der Waals surface area (Å²) >= 11 is 0. The molecule has 0 spiro atoms. The molecule has 1 unspecified atom stereocenters. The van der Waals surface area contributed by atoms with E-state index >= 15 is 0 Å². The van der Waals surface area contributed by atoms with Gasteiger partial charge in [0.1, 0.15) is 11.9 Å². The van der Waals surface area contributed by atoms with Gasteiger partial charge in [0.2, 0.25) is 0 Å². The Bertz CT molecular complexity index is 892. The van der Waals surface area contributed by atoms with Crippen molar-refractivity contribution in [3.63, 3.8) is 0 Å². The zero-order chi connectivity index (χ0) is 19.2. The molecule has 3 aromatic rings. The third-order valence-corrected chi connectivity index (χ3v) is 4.14. The van der Waals surface area contributed by atoms with Crippen molar-refractivity contribution in [2.75, 3.05) is 0 Å². The van der Waals surface area contributed by atoms with Gasteiger partial charge in [0.05, 0.1) is 0 Å². The average molecular weight is 361 g/mol. The maximum absolute atomic E-state index is 12.2. The third-order valence-electron chi connectivity index (χ3n) is 4.14. The van der Waals surface area contributed by atoms with Crippen molar-refractivity contribution in [1.82, 2.24) is 5.32 Å². The second kappa shape index (κ2) is 8.52. The Hall–Kier alpha value is -3.11. The van der Waals surface area contributed by atoms with E-state index in [9.17, 15) is 9.90 Å². The van der Waals surface area contributed by atoms with E-state index in [2.05, 4.69) is 5.32 Å². The van der Waals surface area contributed by atoms with Crippen LogP contribution in [0, 0.1) is 0 Å². The van der Waals surface area contributed by atoms with Gasteiger partial charge >= 0.3 is 6.09 Å². The first kappa shape index (κ1) is 18.7. The minimum absolute atomic E-state index is 0.0442. The predicted octanol–water partition coefficient (Wildman–Crippen LogP) is 4.93. The lowest BCUT2D eigenvalue weighted by molar-refractivity contribution is 0.191. The van der Waals surface area contributed by atoms with Crippen LogP contribution in [-0.4, -0.2) is 17.2 Å². The lowest BCUT2D eigenvalue weighted by Gasteiger charge is -2.18. The van der Waals surface area contributed by atoms with Crippen LogP contribution in [0.3, 0.4) is 0 Å². The Balaban J connectivity index is 1.99. The minimum Gasteiger partial charge on any atom is -0.410 e. The van der Waals surface area contributed by atoms with E-state index in [1.807, 2.05) is 80.6 Å². The fraction of sp³-hybridized carbons (Fsp3) is 0.174. The molecule has 1 amide bonds. The number of rotatable bonds is 5. The maximum atomic E-state index is 12.2. The summed E-state index contributed by atoms with van der Waals surface area (Å²) in [5.74, 6) is 0.339. The maximum Gasteiger partial charge on any atom is 0.412 e. The smallest absolute Gasteiger partial charge is 0.410 e. The van der Waals surface area contributed by atoms with Crippen LogP contribution in [0.4, 0.5) is 4.79 Å². The molecule has 0 bridgehead atoms. The zero-order valence-corrected chi connectivity index (χ0v) is 15.4.